The zero-order chi connectivity index (χ0) is 11.4. The molecule has 1 aliphatic heterocycles. The van der Waals surface area contributed by atoms with E-state index < -0.39 is 0 Å². The van der Waals surface area contributed by atoms with E-state index in [4.69, 9.17) is 16.3 Å². The smallest absolute Gasteiger partial charge is 0.130 e. The second kappa shape index (κ2) is 5.66. The molecule has 0 amide bonds. The summed E-state index contributed by atoms with van der Waals surface area (Å²) < 4.78 is 7.29. The first kappa shape index (κ1) is 11.9. The highest BCUT2D eigenvalue weighted by Gasteiger charge is 2.19. The van der Waals surface area contributed by atoms with Crippen molar-refractivity contribution >= 4 is 11.6 Å². The minimum absolute atomic E-state index is 0.407. The minimum Gasteiger partial charge on any atom is -0.381 e. The lowest BCUT2D eigenvalue weighted by Gasteiger charge is -2.23. The molecule has 0 aromatic carbocycles. The van der Waals surface area contributed by atoms with Crippen molar-refractivity contribution in [2.24, 2.45) is 0 Å². The van der Waals surface area contributed by atoms with Crippen LogP contribution in [-0.2, 0) is 11.2 Å². The van der Waals surface area contributed by atoms with Crippen LogP contribution >= 0.6 is 11.6 Å². The summed E-state index contributed by atoms with van der Waals surface area (Å²) >= 11 is 6.33. The van der Waals surface area contributed by atoms with Crippen LogP contribution in [0.4, 0.5) is 0 Å². The maximum Gasteiger partial charge on any atom is 0.130 e. The number of nitrogens with one attached hydrogen (secondary N) is 1. The lowest BCUT2D eigenvalue weighted by molar-refractivity contribution is 0.0663. The Morgan fingerprint density at radius 1 is 1.56 bits per heavy atom. The Hall–Kier alpha value is -0.580. The van der Waals surface area contributed by atoms with Crippen LogP contribution in [0, 0.1) is 0 Å². The lowest BCUT2D eigenvalue weighted by atomic mass is 10.1. The maximum atomic E-state index is 6.33. The van der Waals surface area contributed by atoms with Crippen LogP contribution in [0.25, 0.3) is 0 Å². The van der Waals surface area contributed by atoms with E-state index in [0.717, 1.165) is 49.7 Å². The van der Waals surface area contributed by atoms with E-state index in [9.17, 15) is 0 Å². The number of aromatic nitrogens is 2. The molecule has 1 aromatic rings. The van der Waals surface area contributed by atoms with Crippen molar-refractivity contribution in [2.45, 2.75) is 25.3 Å². The topological polar surface area (TPSA) is 39.1 Å². The first-order valence-electron chi connectivity index (χ1n) is 5.77. The molecule has 1 aromatic heterocycles. The molecule has 1 saturated heterocycles. The van der Waals surface area contributed by atoms with Gasteiger partial charge in [-0.3, -0.25) is 4.68 Å². The molecule has 0 aliphatic carbocycles. The summed E-state index contributed by atoms with van der Waals surface area (Å²) in [5.74, 6) is 0. The van der Waals surface area contributed by atoms with E-state index >= 15 is 0 Å². The molecule has 16 heavy (non-hydrogen) atoms. The quantitative estimate of drug-likeness (QED) is 0.874. The molecular formula is C11H18ClN3O. The van der Waals surface area contributed by atoms with Gasteiger partial charge in [0.1, 0.15) is 5.15 Å². The fraction of sp³-hybridized carbons (Fsp3) is 0.727. The van der Waals surface area contributed by atoms with Gasteiger partial charge in [0.15, 0.2) is 0 Å². The number of likely N-dealkylation sites (N-methyl/N-ethyl adjacent to an activating group) is 1. The minimum atomic E-state index is 0.407. The number of ether oxygens (including phenoxy) is 1. The Kier molecular flexibility index (Phi) is 4.21. The average molecular weight is 244 g/mol. The highest BCUT2D eigenvalue weighted by atomic mass is 35.5. The van der Waals surface area contributed by atoms with Crippen molar-refractivity contribution in [3.8, 4) is 0 Å². The number of rotatable bonds is 4. The molecular weight excluding hydrogens is 226 g/mol. The summed E-state index contributed by atoms with van der Waals surface area (Å²) in [5, 5.41) is 8.30. The largest absolute Gasteiger partial charge is 0.381 e. The molecule has 0 bridgehead atoms. The second-order valence-corrected chi connectivity index (χ2v) is 4.46. The van der Waals surface area contributed by atoms with Crippen molar-refractivity contribution in [2.75, 3.05) is 26.8 Å². The monoisotopic (exact) mass is 243 g/mol. The summed E-state index contributed by atoms with van der Waals surface area (Å²) in [7, 11) is 1.94. The van der Waals surface area contributed by atoms with E-state index in [-0.39, 0.29) is 0 Å². The third-order valence-corrected chi connectivity index (χ3v) is 3.40. The SMILES string of the molecule is CNCCc1cnn(C2CCOCC2)c1Cl. The molecule has 2 heterocycles. The van der Waals surface area contributed by atoms with E-state index in [1.165, 1.54) is 0 Å². The zero-order valence-corrected chi connectivity index (χ0v) is 10.3. The van der Waals surface area contributed by atoms with Crippen LogP contribution in [0.15, 0.2) is 6.20 Å². The van der Waals surface area contributed by atoms with Gasteiger partial charge in [-0.25, -0.2) is 0 Å². The predicted molar refractivity (Wildman–Crippen MR) is 64.0 cm³/mol. The zero-order valence-electron chi connectivity index (χ0n) is 9.58. The summed E-state index contributed by atoms with van der Waals surface area (Å²) in [6, 6.07) is 0.407. The molecule has 0 spiro atoms. The van der Waals surface area contributed by atoms with Crippen molar-refractivity contribution in [3.63, 3.8) is 0 Å². The van der Waals surface area contributed by atoms with Gasteiger partial charge in [0.2, 0.25) is 0 Å². The van der Waals surface area contributed by atoms with Crippen LogP contribution in [0.2, 0.25) is 5.15 Å². The number of nitrogens with zero attached hydrogens (tertiary/aromatic N) is 2. The van der Waals surface area contributed by atoms with Gasteiger partial charge in [-0.1, -0.05) is 11.6 Å². The van der Waals surface area contributed by atoms with Gasteiger partial charge in [0.25, 0.3) is 0 Å². The van der Waals surface area contributed by atoms with E-state index in [1.807, 2.05) is 17.9 Å². The molecule has 0 atom stereocenters. The Labute approximate surface area is 101 Å². The van der Waals surface area contributed by atoms with Gasteiger partial charge in [0.05, 0.1) is 12.2 Å². The van der Waals surface area contributed by atoms with Gasteiger partial charge in [-0.15, -0.1) is 0 Å². The summed E-state index contributed by atoms with van der Waals surface area (Å²) in [6.45, 7) is 2.55. The van der Waals surface area contributed by atoms with Crippen molar-refractivity contribution in [3.05, 3.63) is 16.9 Å². The standard InChI is InChI=1S/C11H18ClN3O/c1-13-5-2-9-8-14-15(11(9)12)10-3-6-16-7-4-10/h8,10,13H,2-7H2,1H3. The van der Waals surface area contributed by atoms with Crippen LogP contribution in [0.3, 0.4) is 0 Å². The molecule has 0 radical (unpaired) electrons. The van der Waals surface area contributed by atoms with Crippen molar-refractivity contribution in [1.82, 2.24) is 15.1 Å². The summed E-state index contributed by atoms with van der Waals surface area (Å²) in [5.41, 5.74) is 1.13. The molecule has 4 nitrogen and oxygen atoms in total. The molecule has 1 fully saturated rings. The lowest BCUT2D eigenvalue weighted by Crippen LogP contribution is -2.20. The van der Waals surface area contributed by atoms with Crippen molar-refractivity contribution < 1.29 is 4.74 Å². The van der Waals surface area contributed by atoms with Gasteiger partial charge >= 0.3 is 0 Å². The van der Waals surface area contributed by atoms with Crippen LogP contribution in [0.1, 0.15) is 24.4 Å². The van der Waals surface area contributed by atoms with E-state index in [1.54, 1.807) is 0 Å². The molecule has 90 valence electrons. The van der Waals surface area contributed by atoms with Gasteiger partial charge < -0.3 is 10.1 Å². The number of hydrogen-bond donors (Lipinski definition) is 1. The normalized spacial score (nSPS) is 17.9. The molecule has 5 heteroatoms. The highest BCUT2D eigenvalue weighted by molar-refractivity contribution is 6.30. The Balaban J connectivity index is 2.06. The fourth-order valence-corrected chi connectivity index (χ4v) is 2.32. The first-order chi connectivity index (χ1) is 7.83. The predicted octanol–water partition coefficient (Wildman–Crippen LogP) is 1.65. The highest BCUT2D eigenvalue weighted by Crippen LogP contribution is 2.26. The fourth-order valence-electron chi connectivity index (χ4n) is 1.99. The van der Waals surface area contributed by atoms with Crippen molar-refractivity contribution in [1.29, 1.82) is 0 Å². The van der Waals surface area contributed by atoms with E-state index in [2.05, 4.69) is 10.4 Å². The maximum absolute atomic E-state index is 6.33. The number of halogens is 1. The Morgan fingerprint density at radius 3 is 3.00 bits per heavy atom. The third kappa shape index (κ3) is 2.56. The average Bonchev–Trinajstić information content (AvgIpc) is 2.69. The van der Waals surface area contributed by atoms with Crippen LogP contribution in [0.5, 0.6) is 0 Å². The molecule has 1 aliphatic rings. The van der Waals surface area contributed by atoms with Gasteiger partial charge in [0, 0.05) is 18.8 Å². The van der Waals surface area contributed by atoms with Crippen LogP contribution in [-0.4, -0.2) is 36.6 Å². The van der Waals surface area contributed by atoms with Crippen LogP contribution < -0.4 is 5.32 Å². The molecule has 0 saturated carbocycles. The molecule has 1 N–H and O–H groups in total. The molecule has 2 rings (SSSR count). The summed E-state index contributed by atoms with van der Waals surface area (Å²) in [6.07, 6.45) is 4.83. The third-order valence-electron chi connectivity index (χ3n) is 2.99. The van der Waals surface area contributed by atoms with Gasteiger partial charge in [-0.2, -0.15) is 5.10 Å². The second-order valence-electron chi connectivity index (χ2n) is 4.10. The van der Waals surface area contributed by atoms with Gasteiger partial charge in [-0.05, 0) is 32.9 Å². The first-order valence-corrected chi connectivity index (χ1v) is 6.15. The number of hydrogen-bond acceptors (Lipinski definition) is 3. The molecule has 0 unspecified atom stereocenters. The Morgan fingerprint density at radius 2 is 2.31 bits per heavy atom. The Bertz CT molecular complexity index is 334. The van der Waals surface area contributed by atoms with E-state index in [0.29, 0.717) is 6.04 Å². The summed E-state index contributed by atoms with van der Waals surface area (Å²) in [4.78, 5) is 0.